The molecule has 0 spiro atoms. The molecule has 3 fully saturated rings. The van der Waals surface area contributed by atoms with E-state index >= 15 is 0 Å². The van der Waals surface area contributed by atoms with E-state index in [0.717, 1.165) is 36.6 Å². The summed E-state index contributed by atoms with van der Waals surface area (Å²) < 4.78 is 0. The maximum Gasteiger partial charge on any atom is 0.216 e. The molecule has 4 aliphatic carbocycles. The third-order valence-corrected chi connectivity index (χ3v) is 9.77. The number of carbonyl (C=O) groups excluding carboxylic acids is 2. The van der Waals surface area contributed by atoms with Crippen molar-refractivity contribution in [3.8, 4) is 0 Å². The highest BCUT2D eigenvalue weighted by atomic mass is 32.2. The molecule has 0 aliphatic heterocycles. The smallest absolute Gasteiger partial charge is 0.216 e. The highest BCUT2D eigenvalue weighted by molar-refractivity contribution is 7.99. The first-order valence-corrected chi connectivity index (χ1v) is 12.3. The van der Waals surface area contributed by atoms with Crippen molar-refractivity contribution >= 4 is 29.3 Å². The first kappa shape index (κ1) is 21.9. The third kappa shape index (κ3) is 2.97. The number of Topliss-reactive ketones (excluding diaryl/α,β-unsaturated/α-hetero) is 1. The van der Waals surface area contributed by atoms with E-state index in [-0.39, 0.29) is 46.4 Å². The van der Waals surface area contributed by atoms with Crippen molar-refractivity contribution in [2.24, 2.45) is 28.6 Å². The number of ketones is 2. The Kier molecular flexibility index (Phi) is 4.96. The van der Waals surface area contributed by atoms with E-state index in [2.05, 4.69) is 22.1 Å². The van der Waals surface area contributed by atoms with Crippen molar-refractivity contribution in [1.29, 1.82) is 0 Å². The minimum atomic E-state index is -1.49. The van der Waals surface area contributed by atoms with Crippen LogP contribution in [-0.4, -0.2) is 54.4 Å². The molecule has 0 saturated heterocycles. The number of nitrogens with zero attached hydrogens (tertiary/aromatic N) is 2. The predicted molar refractivity (Wildman–Crippen MR) is 119 cm³/mol. The zero-order chi connectivity index (χ0) is 22.9. The summed E-state index contributed by atoms with van der Waals surface area (Å²) in [6.45, 7) is 4.10. The fourth-order valence-electron chi connectivity index (χ4n) is 7.36. The molecule has 1 aromatic heterocycles. The van der Waals surface area contributed by atoms with Gasteiger partial charge in [0.05, 0.1) is 11.9 Å². The predicted octanol–water partition coefficient (Wildman–Crippen LogP) is 2.06. The molecule has 8 nitrogen and oxygen atoms in total. The number of nitrogen functional groups attached to an aromatic ring is 1. The van der Waals surface area contributed by atoms with Crippen LogP contribution in [0.25, 0.3) is 0 Å². The van der Waals surface area contributed by atoms with E-state index in [9.17, 15) is 19.8 Å². The van der Waals surface area contributed by atoms with Crippen LogP contribution in [0.3, 0.4) is 0 Å². The number of aromatic nitrogens is 3. The van der Waals surface area contributed by atoms with E-state index in [4.69, 9.17) is 5.73 Å². The van der Waals surface area contributed by atoms with Crippen LogP contribution in [0.4, 0.5) is 5.95 Å². The SMILES string of the molecule is CC12C=CC(=O)C=C1CCC1C2C(O)CC2(C)C1CC[C@]2(O)C(=O)CSc1n[nH]c(N)n1. The third-order valence-electron chi connectivity index (χ3n) is 8.92. The van der Waals surface area contributed by atoms with Crippen LogP contribution in [0, 0.1) is 28.6 Å². The number of rotatable bonds is 4. The minimum absolute atomic E-state index is 0.0116. The summed E-state index contributed by atoms with van der Waals surface area (Å²) in [5, 5.41) is 30.0. The molecule has 32 heavy (non-hydrogen) atoms. The summed E-state index contributed by atoms with van der Waals surface area (Å²) in [4.78, 5) is 29.3. The molecule has 7 atom stereocenters. The number of nitrogens with two attached hydrogens (primary N) is 1. The Balaban J connectivity index is 1.41. The molecule has 5 rings (SSSR count). The summed E-state index contributed by atoms with van der Waals surface area (Å²) in [6.07, 6.45) is 7.85. The van der Waals surface area contributed by atoms with Crippen molar-refractivity contribution in [2.45, 2.75) is 62.8 Å². The van der Waals surface area contributed by atoms with Crippen LogP contribution in [0.5, 0.6) is 0 Å². The molecule has 4 aliphatic rings. The lowest BCUT2D eigenvalue weighted by atomic mass is 9.46. The molecule has 3 saturated carbocycles. The van der Waals surface area contributed by atoms with Crippen molar-refractivity contribution in [3.63, 3.8) is 0 Å². The monoisotopic (exact) mass is 458 g/mol. The number of H-pyrrole nitrogens is 1. The fourth-order valence-corrected chi connectivity index (χ4v) is 8.13. The van der Waals surface area contributed by atoms with Gasteiger partial charge in [-0.25, -0.2) is 5.10 Å². The number of aliphatic hydroxyl groups is 2. The summed E-state index contributed by atoms with van der Waals surface area (Å²) in [5.74, 6) is 0.309. The maximum atomic E-state index is 13.3. The Hall–Kier alpha value is -1.97. The van der Waals surface area contributed by atoms with Gasteiger partial charge in [-0.3, -0.25) is 9.59 Å². The Morgan fingerprint density at radius 2 is 2.16 bits per heavy atom. The lowest BCUT2D eigenvalue weighted by Crippen LogP contribution is -2.61. The van der Waals surface area contributed by atoms with Crippen molar-refractivity contribution in [1.82, 2.24) is 15.2 Å². The van der Waals surface area contributed by atoms with Crippen LogP contribution in [-0.2, 0) is 9.59 Å². The lowest BCUT2D eigenvalue weighted by Gasteiger charge is -2.59. The van der Waals surface area contributed by atoms with Crippen LogP contribution < -0.4 is 5.73 Å². The zero-order valence-electron chi connectivity index (χ0n) is 18.4. The van der Waals surface area contributed by atoms with Crippen molar-refractivity contribution in [2.75, 3.05) is 11.5 Å². The van der Waals surface area contributed by atoms with Gasteiger partial charge in [0, 0.05) is 16.7 Å². The summed E-state index contributed by atoms with van der Waals surface area (Å²) in [5.41, 5.74) is 4.10. The number of nitrogens with one attached hydrogen (secondary N) is 1. The summed E-state index contributed by atoms with van der Waals surface area (Å²) in [6, 6.07) is 0. The van der Waals surface area contributed by atoms with Gasteiger partial charge in [-0.2, -0.15) is 4.98 Å². The first-order valence-electron chi connectivity index (χ1n) is 11.3. The van der Waals surface area contributed by atoms with Crippen molar-refractivity contribution < 1.29 is 19.8 Å². The second kappa shape index (κ2) is 7.27. The fraction of sp³-hybridized carbons (Fsp3) is 0.652. The molecule has 6 unspecified atom stereocenters. The van der Waals surface area contributed by atoms with Gasteiger partial charge in [-0.1, -0.05) is 37.3 Å². The molecule has 9 heteroatoms. The highest BCUT2D eigenvalue weighted by Crippen LogP contribution is 2.67. The second-order valence-electron chi connectivity index (χ2n) is 10.3. The van der Waals surface area contributed by atoms with E-state index in [1.807, 2.05) is 13.0 Å². The molecular formula is C23H30N4O4S. The average molecular weight is 459 g/mol. The number of anilines is 1. The number of carbonyl (C=O) groups is 2. The minimum Gasteiger partial charge on any atom is -0.393 e. The number of hydrogen-bond acceptors (Lipinski definition) is 8. The van der Waals surface area contributed by atoms with Gasteiger partial charge < -0.3 is 15.9 Å². The zero-order valence-corrected chi connectivity index (χ0v) is 19.2. The topological polar surface area (TPSA) is 142 Å². The normalized spacial score (nSPS) is 42.8. The molecule has 172 valence electrons. The van der Waals surface area contributed by atoms with Crippen LogP contribution in [0.15, 0.2) is 29.0 Å². The first-order chi connectivity index (χ1) is 15.1. The van der Waals surface area contributed by atoms with E-state index in [1.54, 1.807) is 12.2 Å². The molecule has 0 bridgehead atoms. The molecule has 0 aromatic carbocycles. The van der Waals surface area contributed by atoms with Gasteiger partial charge in [0.2, 0.25) is 11.1 Å². The number of aromatic amines is 1. The summed E-state index contributed by atoms with van der Waals surface area (Å²) in [7, 11) is 0. The molecule has 1 aromatic rings. The standard InChI is InChI=1S/C23H30N4O4S/c1-21-7-5-13(28)9-12(21)3-4-14-15-6-8-23(31,22(15,2)10-16(29)18(14)21)17(30)11-32-20-25-19(24)26-27-20/h5,7,9,14-16,18,29,31H,3-4,6,8,10-11H2,1-2H3,(H3,24,25,26,27)/t14?,15?,16?,18?,21?,22?,23-/m0/s1. The molecule has 0 radical (unpaired) electrons. The number of thioether (sulfide) groups is 1. The van der Waals surface area contributed by atoms with Gasteiger partial charge in [0.25, 0.3) is 0 Å². The van der Waals surface area contributed by atoms with Crippen LogP contribution >= 0.6 is 11.8 Å². The number of aliphatic hydroxyl groups excluding tert-OH is 1. The number of fused-ring (bicyclic) bond motifs is 5. The van der Waals surface area contributed by atoms with Gasteiger partial charge >= 0.3 is 0 Å². The molecule has 1 heterocycles. The van der Waals surface area contributed by atoms with Gasteiger partial charge in [-0.05, 0) is 56.1 Å². The van der Waals surface area contributed by atoms with E-state index in [1.165, 1.54) is 0 Å². The Morgan fingerprint density at radius 1 is 1.38 bits per heavy atom. The largest absolute Gasteiger partial charge is 0.393 e. The van der Waals surface area contributed by atoms with Gasteiger partial charge in [0.1, 0.15) is 5.60 Å². The number of allylic oxidation sites excluding steroid dienone is 4. The Bertz CT molecular complexity index is 1040. The molecular weight excluding hydrogens is 428 g/mol. The van der Waals surface area contributed by atoms with Crippen LogP contribution in [0.2, 0.25) is 0 Å². The Morgan fingerprint density at radius 3 is 2.88 bits per heavy atom. The summed E-state index contributed by atoms with van der Waals surface area (Å²) >= 11 is 1.16. The maximum absolute atomic E-state index is 13.3. The van der Waals surface area contributed by atoms with Gasteiger partial charge in [0.15, 0.2) is 11.6 Å². The highest BCUT2D eigenvalue weighted by Gasteiger charge is 2.67. The Labute approximate surface area is 191 Å². The second-order valence-corrected chi connectivity index (χ2v) is 11.3. The lowest BCUT2D eigenvalue weighted by molar-refractivity contribution is -0.174. The quantitative estimate of drug-likeness (QED) is 0.502. The van der Waals surface area contributed by atoms with E-state index < -0.39 is 17.1 Å². The molecule has 5 N–H and O–H groups in total. The molecule has 0 amide bonds. The average Bonchev–Trinajstić information content (AvgIpc) is 3.27. The van der Waals surface area contributed by atoms with Gasteiger partial charge in [-0.15, -0.1) is 5.10 Å². The van der Waals surface area contributed by atoms with Crippen LogP contribution in [0.1, 0.15) is 46.0 Å². The van der Waals surface area contributed by atoms with Crippen molar-refractivity contribution in [3.05, 3.63) is 23.8 Å². The number of hydrogen-bond donors (Lipinski definition) is 4. The van der Waals surface area contributed by atoms with E-state index in [0.29, 0.717) is 18.0 Å².